The molecule has 0 aromatic heterocycles. The zero-order valence-corrected chi connectivity index (χ0v) is 21.1. The number of nitrogens with zero attached hydrogens (tertiary/aromatic N) is 3. The second-order valence-electron chi connectivity index (χ2n) is 7.75. The maximum atomic E-state index is 12.0. The molecule has 1 amide bonds. The summed E-state index contributed by atoms with van der Waals surface area (Å²) in [4.78, 5) is 20.8. The first kappa shape index (κ1) is 26.6. The predicted molar refractivity (Wildman–Crippen MR) is 134 cm³/mol. The average molecular weight is 531 g/mol. The van der Waals surface area contributed by atoms with E-state index in [4.69, 9.17) is 9.73 Å². The zero-order chi connectivity index (χ0) is 21.1. The second kappa shape index (κ2) is 14.6. The van der Waals surface area contributed by atoms with Crippen LogP contribution in [-0.4, -0.2) is 82.2 Å². The monoisotopic (exact) mass is 531 g/mol. The summed E-state index contributed by atoms with van der Waals surface area (Å²) in [5.41, 5.74) is 1.79. The molecular weight excluding hydrogens is 493 g/mol. The van der Waals surface area contributed by atoms with Crippen molar-refractivity contribution in [2.24, 2.45) is 10.9 Å². The van der Waals surface area contributed by atoms with E-state index in [0.29, 0.717) is 18.0 Å². The van der Waals surface area contributed by atoms with Gasteiger partial charge in [0.25, 0.3) is 5.91 Å². The number of piperidine rings is 1. The minimum atomic E-state index is 0. The topological polar surface area (TPSA) is 69.2 Å². The standard InChI is InChI=1S/C22H37N5O2.HI/c1-5-23-22(25-17-19-10-12-27(13-11-19)14-15-29-4)24-16-18-6-8-20(9-7-18)21(28)26(2)3;/h6-9,19H,5,10-17H2,1-4H3,(H2,23,24,25);1H. The van der Waals surface area contributed by atoms with Crippen LogP contribution < -0.4 is 10.6 Å². The maximum Gasteiger partial charge on any atom is 0.253 e. The molecular formula is C22H38IN5O2. The van der Waals surface area contributed by atoms with E-state index < -0.39 is 0 Å². The molecule has 0 aliphatic carbocycles. The molecule has 0 bridgehead atoms. The number of hydrogen-bond acceptors (Lipinski definition) is 4. The Morgan fingerprint density at radius 1 is 1.20 bits per heavy atom. The van der Waals surface area contributed by atoms with E-state index in [0.717, 1.165) is 50.9 Å². The number of carbonyl (C=O) groups excluding carboxylic acids is 1. The van der Waals surface area contributed by atoms with Gasteiger partial charge in [0, 0.05) is 46.4 Å². The summed E-state index contributed by atoms with van der Waals surface area (Å²) in [7, 11) is 5.28. The third-order valence-electron chi connectivity index (χ3n) is 5.25. The summed E-state index contributed by atoms with van der Waals surface area (Å²) in [6.07, 6.45) is 2.41. The van der Waals surface area contributed by atoms with Crippen LogP contribution in [-0.2, 0) is 11.3 Å². The molecule has 0 saturated carbocycles. The van der Waals surface area contributed by atoms with Crippen molar-refractivity contribution in [1.82, 2.24) is 20.4 Å². The molecule has 1 aromatic carbocycles. The van der Waals surface area contributed by atoms with Gasteiger partial charge in [0.15, 0.2) is 5.96 Å². The highest BCUT2D eigenvalue weighted by molar-refractivity contribution is 14.0. The first-order valence-corrected chi connectivity index (χ1v) is 10.6. The molecule has 1 saturated heterocycles. The molecule has 2 N–H and O–H groups in total. The number of nitrogens with one attached hydrogen (secondary N) is 2. The van der Waals surface area contributed by atoms with Crippen LogP contribution >= 0.6 is 24.0 Å². The molecule has 2 rings (SSSR count). The van der Waals surface area contributed by atoms with Crippen LogP contribution in [0.1, 0.15) is 35.7 Å². The van der Waals surface area contributed by atoms with Crippen LogP contribution in [0.15, 0.2) is 29.3 Å². The van der Waals surface area contributed by atoms with E-state index in [-0.39, 0.29) is 29.9 Å². The van der Waals surface area contributed by atoms with Crippen molar-refractivity contribution in [3.8, 4) is 0 Å². The lowest BCUT2D eigenvalue weighted by molar-refractivity contribution is 0.0827. The molecule has 7 nitrogen and oxygen atoms in total. The Bertz CT molecular complexity index is 643. The van der Waals surface area contributed by atoms with Gasteiger partial charge in [0.2, 0.25) is 0 Å². The number of likely N-dealkylation sites (tertiary alicyclic amines) is 1. The smallest absolute Gasteiger partial charge is 0.253 e. The van der Waals surface area contributed by atoms with Crippen LogP contribution in [0.3, 0.4) is 0 Å². The summed E-state index contributed by atoms with van der Waals surface area (Å²) < 4.78 is 5.17. The van der Waals surface area contributed by atoms with Crippen LogP contribution in [0.2, 0.25) is 0 Å². The van der Waals surface area contributed by atoms with Gasteiger partial charge >= 0.3 is 0 Å². The summed E-state index contributed by atoms with van der Waals surface area (Å²) in [6.45, 7) is 8.55. The first-order valence-electron chi connectivity index (χ1n) is 10.6. The number of benzene rings is 1. The van der Waals surface area contributed by atoms with Crippen LogP contribution in [0.5, 0.6) is 0 Å². The number of aliphatic imine (C=N–C) groups is 1. The Labute approximate surface area is 198 Å². The number of halogens is 1. The van der Waals surface area contributed by atoms with Gasteiger partial charge in [-0.15, -0.1) is 24.0 Å². The zero-order valence-electron chi connectivity index (χ0n) is 18.8. The number of carbonyl (C=O) groups is 1. The summed E-state index contributed by atoms with van der Waals surface area (Å²) in [6, 6.07) is 7.68. The average Bonchev–Trinajstić information content (AvgIpc) is 2.74. The van der Waals surface area contributed by atoms with Crippen molar-refractivity contribution in [1.29, 1.82) is 0 Å². The summed E-state index contributed by atoms with van der Waals surface area (Å²) in [5.74, 6) is 1.54. The minimum Gasteiger partial charge on any atom is -0.383 e. The van der Waals surface area contributed by atoms with Gasteiger partial charge in [-0.05, 0) is 56.5 Å². The third-order valence-corrected chi connectivity index (χ3v) is 5.25. The van der Waals surface area contributed by atoms with E-state index >= 15 is 0 Å². The van der Waals surface area contributed by atoms with Crippen LogP contribution in [0, 0.1) is 5.92 Å². The first-order chi connectivity index (χ1) is 14.0. The molecule has 30 heavy (non-hydrogen) atoms. The highest BCUT2D eigenvalue weighted by atomic mass is 127. The largest absolute Gasteiger partial charge is 0.383 e. The van der Waals surface area contributed by atoms with Crippen molar-refractivity contribution < 1.29 is 9.53 Å². The number of methoxy groups -OCH3 is 1. The van der Waals surface area contributed by atoms with E-state index in [1.54, 1.807) is 26.1 Å². The fourth-order valence-electron chi connectivity index (χ4n) is 3.40. The van der Waals surface area contributed by atoms with Crippen molar-refractivity contribution in [2.45, 2.75) is 26.3 Å². The van der Waals surface area contributed by atoms with Crippen molar-refractivity contribution in [2.75, 3.05) is 60.5 Å². The molecule has 0 unspecified atom stereocenters. The fraction of sp³-hybridized carbons (Fsp3) is 0.636. The molecule has 1 fully saturated rings. The Kier molecular flexibility index (Phi) is 13.0. The highest BCUT2D eigenvalue weighted by Gasteiger charge is 2.19. The van der Waals surface area contributed by atoms with Crippen molar-refractivity contribution in [3.05, 3.63) is 35.4 Å². The quantitative estimate of drug-likeness (QED) is 0.291. The number of hydrogen-bond donors (Lipinski definition) is 2. The molecule has 170 valence electrons. The Hall–Kier alpha value is -1.39. The number of ether oxygens (including phenoxy) is 1. The van der Waals surface area contributed by atoms with Gasteiger partial charge in [0.05, 0.1) is 13.2 Å². The van der Waals surface area contributed by atoms with Gasteiger partial charge in [-0.3, -0.25) is 4.79 Å². The second-order valence-corrected chi connectivity index (χ2v) is 7.75. The van der Waals surface area contributed by atoms with Gasteiger partial charge in [-0.2, -0.15) is 0 Å². The molecule has 0 atom stereocenters. The molecule has 1 heterocycles. The molecule has 8 heteroatoms. The molecule has 1 aromatic rings. The van der Waals surface area contributed by atoms with Crippen LogP contribution in [0.25, 0.3) is 0 Å². The molecule has 1 aliphatic heterocycles. The fourth-order valence-corrected chi connectivity index (χ4v) is 3.40. The van der Waals surface area contributed by atoms with E-state index in [1.807, 2.05) is 24.3 Å². The number of rotatable bonds is 9. The van der Waals surface area contributed by atoms with Gasteiger partial charge in [-0.1, -0.05) is 12.1 Å². The van der Waals surface area contributed by atoms with Gasteiger partial charge in [0.1, 0.15) is 0 Å². The summed E-state index contributed by atoms with van der Waals surface area (Å²) >= 11 is 0. The van der Waals surface area contributed by atoms with Crippen LogP contribution in [0.4, 0.5) is 0 Å². The lowest BCUT2D eigenvalue weighted by Gasteiger charge is -2.32. The van der Waals surface area contributed by atoms with Crippen molar-refractivity contribution in [3.63, 3.8) is 0 Å². The molecule has 0 radical (unpaired) electrons. The van der Waals surface area contributed by atoms with Gasteiger partial charge in [-0.25, -0.2) is 4.99 Å². The Morgan fingerprint density at radius 2 is 1.87 bits per heavy atom. The molecule has 1 aliphatic rings. The SMILES string of the molecule is CCNC(=NCc1ccc(C(=O)N(C)C)cc1)NCC1CCN(CCOC)CC1.I. The highest BCUT2D eigenvalue weighted by Crippen LogP contribution is 2.16. The normalized spacial score (nSPS) is 15.4. The van der Waals surface area contributed by atoms with Crippen molar-refractivity contribution >= 4 is 35.8 Å². The Morgan fingerprint density at radius 3 is 2.43 bits per heavy atom. The lowest BCUT2D eigenvalue weighted by atomic mass is 9.97. The third kappa shape index (κ3) is 9.18. The van der Waals surface area contributed by atoms with Gasteiger partial charge < -0.3 is 25.2 Å². The minimum absolute atomic E-state index is 0. The number of amides is 1. The lowest BCUT2D eigenvalue weighted by Crippen LogP contribution is -2.43. The molecule has 0 spiro atoms. The Balaban J connectivity index is 0.00000450. The maximum absolute atomic E-state index is 12.0. The van der Waals surface area contributed by atoms with E-state index in [9.17, 15) is 4.79 Å². The predicted octanol–water partition coefficient (Wildman–Crippen LogP) is 2.42. The number of guanidine groups is 1. The van der Waals surface area contributed by atoms with E-state index in [1.165, 1.54) is 12.8 Å². The van der Waals surface area contributed by atoms with E-state index in [2.05, 4.69) is 22.5 Å². The summed E-state index contributed by atoms with van der Waals surface area (Å²) in [5, 5.41) is 6.82.